The van der Waals surface area contributed by atoms with E-state index in [1.54, 1.807) is 13.8 Å². The molecule has 4 heteroatoms. The van der Waals surface area contributed by atoms with Crippen LogP contribution in [0.3, 0.4) is 0 Å². The fraction of sp³-hybridized carbons (Fsp3) is 0.667. The molecule has 0 aromatic carbocycles. The summed E-state index contributed by atoms with van der Waals surface area (Å²) in [5.74, 6) is -1.22. The number of esters is 2. The van der Waals surface area contributed by atoms with E-state index in [0.29, 0.717) is 0 Å². The van der Waals surface area contributed by atoms with Gasteiger partial charge in [-0.05, 0) is 13.8 Å². The molecule has 0 aromatic heterocycles. The first-order valence-corrected chi connectivity index (χ1v) is 3.02. The summed E-state index contributed by atoms with van der Waals surface area (Å²) in [7, 11) is 0. The van der Waals surface area contributed by atoms with Gasteiger partial charge in [0, 0.05) is 0 Å². The van der Waals surface area contributed by atoms with Crippen molar-refractivity contribution in [3.8, 4) is 0 Å². The molecule has 1 aliphatic rings. The van der Waals surface area contributed by atoms with Crippen molar-refractivity contribution in [2.75, 3.05) is 0 Å². The van der Waals surface area contributed by atoms with E-state index in [0.717, 1.165) is 0 Å². The Morgan fingerprint density at radius 2 is 1.50 bits per heavy atom. The van der Waals surface area contributed by atoms with Crippen LogP contribution in [0.2, 0.25) is 0 Å². The molecule has 1 aliphatic heterocycles. The molecule has 0 N–H and O–H groups in total. The Balaban J connectivity index is 2.63. The van der Waals surface area contributed by atoms with Crippen LogP contribution >= 0.6 is 0 Å². The standard InChI is InChI=1S/C6H8O4/c1-3-5(7)10-6(8)4(2)9-3/h3-4H,1-2H3/t3-,4+. The topological polar surface area (TPSA) is 52.6 Å². The predicted octanol–water partition coefficient (Wildman–Crippen LogP) is -0.137. The minimum atomic E-state index is -0.618. The second-order valence-corrected chi connectivity index (χ2v) is 2.16. The molecular weight excluding hydrogens is 136 g/mol. The third kappa shape index (κ3) is 1.16. The van der Waals surface area contributed by atoms with Crippen LogP contribution in [0.5, 0.6) is 0 Å². The fourth-order valence-electron chi connectivity index (χ4n) is 0.682. The Bertz CT molecular complexity index is 157. The third-order valence-corrected chi connectivity index (χ3v) is 1.27. The number of cyclic esters (lactones) is 2. The molecule has 0 spiro atoms. The van der Waals surface area contributed by atoms with E-state index in [-0.39, 0.29) is 0 Å². The summed E-state index contributed by atoms with van der Waals surface area (Å²) in [6, 6.07) is 0. The molecule has 1 saturated heterocycles. The summed E-state index contributed by atoms with van der Waals surface area (Å²) in [6.07, 6.45) is -1.24. The van der Waals surface area contributed by atoms with Crippen LogP contribution < -0.4 is 0 Å². The van der Waals surface area contributed by atoms with E-state index in [1.807, 2.05) is 0 Å². The smallest absolute Gasteiger partial charge is 0.342 e. The molecule has 0 radical (unpaired) electrons. The zero-order valence-corrected chi connectivity index (χ0v) is 5.79. The Morgan fingerprint density at radius 1 is 1.10 bits per heavy atom. The first-order valence-electron chi connectivity index (χ1n) is 3.02. The fourth-order valence-corrected chi connectivity index (χ4v) is 0.682. The lowest BCUT2D eigenvalue weighted by Crippen LogP contribution is -2.40. The summed E-state index contributed by atoms with van der Waals surface area (Å²) in [6.45, 7) is 3.09. The lowest BCUT2D eigenvalue weighted by Gasteiger charge is -2.21. The molecule has 0 aliphatic carbocycles. The number of carbonyl (C=O) groups is 2. The van der Waals surface area contributed by atoms with Crippen molar-refractivity contribution in [1.29, 1.82) is 0 Å². The van der Waals surface area contributed by atoms with Crippen LogP contribution in [0.1, 0.15) is 13.8 Å². The summed E-state index contributed by atoms with van der Waals surface area (Å²) in [5.41, 5.74) is 0. The molecule has 2 atom stereocenters. The Kier molecular flexibility index (Phi) is 1.72. The van der Waals surface area contributed by atoms with Gasteiger partial charge in [-0.15, -0.1) is 0 Å². The van der Waals surface area contributed by atoms with Crippen molar-refractivity contribution >= 4 is 11.9 Å². The van der Waals surface area contributed by atoms with E-state index >= 15 is 0 Å². The van der Waals surface area contributed by atoms with Gasteiger partial charge >= 0.3 is 11.9 Å². The molecule has 0 saturated carbocycles. The summed E-state index contributed by atoms with van der Waals surface area (Å²) >= 11 is 0. The molecular formula is C6H8O4. The quantitative estimate of drug-likeness (QED) is 0.351. The number of hydrogen-bond donors (Lipinski definition) is 0. The number of carbonyl (C=O) groups excluding carboxylic acids is 2. The highest BCUT2D eigenvalue weighted by atomic mass is 16.6. The second kappa shape index (κ2) is 2.38. The van der Waals surface area contributed by atoms with Gasteiger partial charge in [-0.1, -0.05) is 0 Å². The molecule has 56 valence electrons. The highest BCUT2D eigenvalue weighted by Crippen LogP contribution is 2.08. The van der Waals surface area contributed by atoms with Crippen LogP contribution in [-0.2, 0) is 19.1 Å². The largest absolute Gasteiger partial charge is 0.389 e. The normalized spacial score (nSPS) is 33.8. The van der Waals surface area contributed by atoms with Crippen molar-refractivity contribution < 1.29 is 19.1 Å². The predicted molar refractivity (Wildman–Crippen MR) is 31.1 cm³/mol. The van der Waals surface area contributed by atoms with Gasteiger partial charge in [0.25, 0.3) is 0 Å². The molecule has 1 rings (SSSR count). The van der Waals surface area contributed by atoms with E-state index in [1.165, 1.54) is 0 Å². The van der Waals surface area contributed by atoms with Gasteiger partial charge in [0.05, 0.1) is 0 Å². The van der Waals surface area contributed by atoms with Crippen LogP contribution in [-0.4, -0.2) is 24.1 Å². The van der Waals surface area contributed by atoms with Crippen molar-refractivity contribution in [2.45, 2.75) is 26.1 Å². The van der Waals surface area contributed by atoms with Crippen molar-refractivity contribution in [3.63, 3.8) is 0 Å². The average molecular weight is 144 g/mol. The zero-order chi connectivity index (χ0) is 7.72. The van der Waals surface area contributed by atoms with Gasteiger partial charge in [0.15, 0.2) is 12.2 Å². The molecule has 0 bridgehead atoms. The minimum absolute atomic E-state index is 0.608. The molecule has 4 nitrogen and oxygen atoms in total. The van der Waals surface area contributed by atoms with Crippen LogP contribution in [0.15, 0.2) is 0 Å². The van der Waals surface area contributed by atoms with E-state index < -0.39 is 24.1 Å². The highest BCUT2D eigenvalue weighted by molar-refractivity contribution is 5.91. The zero-order valence-electron chi connectivity index (χ0n) is 5.79. The molecule has 1 heterocycles. The maximum Gasteiger partial charge on any atom is 0.342 e. The van der Waals surface area contributed by atoms with Gasteiger partial charge in [-0.25, -0.2) is 9.59 Å². The van der Waals surface area contributed by atoms with E-state index in [9.17, 15) is 9.59 Å². The van der Waals surface area contributed by atoms with Gasteiger partial charge in [-0.3, -0.25) is 0 Å². The number of ether oxygens (including phenoxy) is 2. The van der Waals surface area contributed by atoms with Gasteiger partial charge in [-0.2, -0.15) is 0 Å². The van der Waals surface area contributed by atoms with E-state index in [4.69, 9.17) is 4.74 Å². The van der Waals surface area contributed by atoms with Crippen molar-refractivity contribution in [1.82, 2.24) is 0 Å². The first kappa shape index (κ1) is 7.21. The van der Waals surface area contributed by atoms with Crippen LogP contribution in [0.25, 0.3) is 0 Å². The van der Waals surface area contributed by atoms with E-state index in [2.05, 4.69) is 4.74 Å². The van der Waals surface area contributed by atoms with Crippen molar-refractivity contribution in [2.24, 2.45) is 0 Å². The highest BCUT2D eigenvalue weighted by Gasteiger charge is 2.31. The third-order valence-electron chi connectivity index (χ3n) is 1.27. The molecule has 0 aromatic rings. The maximum atomic E-state index is 10.6. The van der Waals surface area contributed by atoms with Crippen LogP contribution in [0.4, 0.5) is 0 Å². The first-order chi connectivity index (χ1) is 4.61. The lowest BCUT2D eigenvalue weighted by molar-refractivity contribution is -0.190. The van der Waals surface area contributed by atoms with Crippen LogP contribution in [0, 0.1) is 0 Å². The molecule has 0 unspecified atom stereocenters. The molecule has 10 heavy (non-hydrogen) atoms. The molecule has 0 amide bonds. The maximum absolute atomic E-state index is 10.6. The minimum Gasteiger partial charge on any atom is -0.389 e. The second-order valence-electron chi connectivity index (χ2n) is 2.16. The Hall–Kier alpha value is -0.900. The number of rotatable bonds is 0. The SMILES string of the molecule is C[C@@H]1O[C@H](C)C(=O)OC1=O. The lowest BCUT2D eigenvalue weighted by atomic mass is 10.3. The summed E-state index contributed by atoms with van der Waals surface area (Å²) in [5, 5.41) is 0. The van der Waals surface area contributed by atoms with Crippen molar-refractivity contribution in [3.05, 3.63) is 0 Å². The van der Waals surface area contributed by atoms with Gasteiger partial charge in [0.2, 0.25) is 0 Å². The monoisotopic (exact) mass is 144 g/mol. The average Bonchev–Trinajstić information content (AvgIpc) is 1.84. The summed E-state index contributed by atoms with van der Waals surface area (Å²) in [4.78, 5) is 21.2. The Morgan fingerprint density at radius 3 is 1.80 bits per heavy atom. The van der Waals surface area contributed by atoms with Gasteiger partial charge < -0.3 is 9.47 Å². The number of hydrogen-bond acceptors (Lipinski definition) is 4. The summed E-state index contributed by atoms with van der Waals surface area (Å²) < 4.78 is 9.19. The van der Waals surface area contributed by atoms with Gasteiger partial charge in [0.1, 0.15) is 0 Å². The Labute approximate surface area is 58.1 Å². The molecule has 1 fully saturated rings.